The average molecular weight is 249 g/mol. The molecule has 0 heterocycles. The predicted molar refractivity (Wildman–Crippen MR) is 68.9 cm³/mol. The van der Waals surface area contributed by atoms with Crippen molar-refractivity contribution in [3.05, 3.63) is 35.9 Å². The molecule has 18 heavy (non-hydrogen) atoms. The molecule has 1 amide bonds. The number of amides is 1. The molecule has 1 atom stereocenters. The zero-order valence-electron chi connectivity index (χ0n) is 11.0. The van der Waals surface area contributed by atoms with Crippen LogP contribution in [0.15, 0.2) is 30.3 Å². The molecule has 0 spiro atoms. The van der Waals surface area contributed by atoms with Gasteiger partial charge < -0.3 is 10.0 Å². The van der Waals surface area contributed by atoms with Gasteiger partial charge in [-0.1, -0.05) is 44.2 Å². The number of carboxylic acid groups (broad SMARTS) is 1. The lowest BCUT2D eigenvalue weighted by Crippen LogP contribution is -2.46. The molecule has 0 radical (unpaired) electrons. The van der Waals surface area contributed by atoms with Crippen LogP contribution in [0.4, 0.5) is 0 Å². The van der Waals surface area contributed by atoms with E-state index in [0.29, 0.717) is 6.54 Å². The Morgan fingerprint density at radius 2 is 1.78 bits per heavy atom. The first-order chi connectivity index (χ1) is 8.43. The van der Waals surface area contributed by atoms with Gasteiger partial charge >= 0.3 is 5.97 Å². The zero-order chi connectivity index (χ0) is 13.7. The van der Waals surface area contributed by atoms with Crippen LogP contribution in [0.25, 0.3) is 0 Å². The van der Waals surface area contributed by atoms with E-state index in [4.69, 9.17) is 0 Å². The molecule has 4 heteroatoms. The minimum atomic E-state index is -0.962. The topological polar surface area (TPSA) is 57.6 Å². The summed E-state index contributed by atoms with van der Waals surface area (Å²) < 4.78 is 0. The van der Waals surface area contributed by atoms with Gasteiger partial charge in [0.15, 0.2) is 0 Å². The van der Waals surface area contributed by atoms with Crippen LogP contribution in [-0.2, 0) is 16.1 Å². The van der Waals surface area contributed by atoms with Gasteiger partial charge in [0.1, 0.15) is 6.04 Å². The maximum atomic E-state index is 11.7. The van der Waals surface area contributed by atoms with Crippen LogP contribution in [0.3, 0.4) is 0 Å². The van der Waals surface area contributed by atoms with Gasteiger partial charge in [0.2, 0.25) is 5.91 Å². The molecule has 1 N–H and O–H groups in total. The van der Waals surface area contributed by atoms with Crippen LogP contribution >= 0.6 is 0 Å². The highest BCUT2D eigenvalue weighted by Gasteiger charge is 2.30. The second kappa shape index (κ2) is 6.19. The number of aliphatic carboxylic acids is 1. The minimum absolute atomic E-state index is 0.130. The Bertz CT molecular complexity index is 414. The molecular formula is C14H19NO3. The highest BCUT2D eigenvalue weighted by atomic mass is 16.4. The summed E-state index contributed by atoms with van der Waals surface area (Å²) in [7, 11) is 0. The Hall–Kier alpha value is -1.84. The number of nitrogens with zero attached hydrogens (tertiary/aromatic N) is 1. The van der Waals surface area contributed by atoms with Crippen LogP contribution in [0.2, 0.25) is 0 Å². The van der Waals surface area contributed by atoms with E-state index >= 15 is 0 Å². The molecule has 0 aliphatic rings. The molecule has 0 saturated carbocycles. The quantitative estimate of drug-likeness (QED) is 0.869. The van der Waals surface area contributed by atoms with Gasteiger partial charge in [-0.25, -0.2) is 4.79 Å². The normalized spacial score (nSPS) is 12.2. The van der Waals surface area contributed by atoms with Gasteiger partial charge in [-0.15, -0.1) is 0 Å². The van der Waals surface area contributed by atoms with Crippen molar-refractivity contribution in [2.24, 2.45) is 5.92 Å². The number of carbonyl (C=O) groups is 2. The van der Waals surface area contributed by atoms with Crippen molar-refractivity contribution in [2.75, 3.05) is 0 Å². The zero-order valence-corrected chi connectivity index (χ0v) is 11.0. The van der Waals surface area contributed by atoms with Crippen LogP contribution in [0.5, 0.6) is 0 Å². The van der Waals surface area contributed by atoms with E-state index in [1.54, 1.807) is 13.8 Å². The van der Waals surface area contributed by atoms with Gasteiger partial charge in [-0.3, -0.25) is 4.79 Å². The second-order valence-corrected chi connectivity index (χ2v) is 4.66. The van der Waals surface area contributed by atoms with Crippen molar-refractivity contribution in [3.63, 3.8) is 0 Å². The molecule has 0 fully saturated rings. The van der Waals surface area contributed by atoms with Crippen LogP contribution in [-0.4, -0.2) is 27.9 Å². The summed E-state index contributed by atoms with van der Waals surface area (Å²) in [5, 5.41) is 9.25. The first-order valence-electron chi connectivity index (χ1n) is 5.97. The van der Waals surface area contributed by atoms with Crippen LogP contribution in [0, 0.1) is 5.92 Å². The van der Waals surface area contributed by atoms with E-state index in [9.17, 15) is 14.7 Å². The van der Waals surface area contributed by atoms with E-state index in [1.807, 2.05) is 30.3 Å². The monoisotopic (exact) mass is 249 g/mol. The van der Waals surface area contributed by atoms with Crippen molar-refractivity contribution in [1.29, 1.82) is 0 Å². The number of benzene rings is 1. The fourth-order valence-corrected chi connectivity index (χ4v) is 1.96. The third kappa shape index (κ3) is 3.58. The van der Waals surface area contributed by atoms with Crippen LogP contribution in [0.1, 0.15) is 26.3 Å². The molecule has 0 aliphatic carbocycles. The lowest BCUT2D eigenvalue weighted by molar-refractivity contribution is -0.152. The summed E-state index contributed by atoms with van der Waals surface area (Å²) in [6, 6.07) is 8.61. The fourth-order valence-electron chi connectivity index (χ4n) is 1.96. The predicted octanol–water partition coefficient (Wildman–Crippen LogP) is 2.14. The summed E-state index contributed by atoms with van der Waals surface area (Å²) in [6.07, 6.45) is 0. The van der Waals surface area contributed by atoms with Crippen LogP contribution < -0.4 is 0 Å². The maximum Gasteiger partial charge on any atom is 0.326 e. The molecular weight excluding hydrogens is 230 g/mol. The van der Waals surface area contributed by atoms with Crippen molar-refractivity contribution in [1.82, 2.24) is 4.90 Å². The van der Waals surface area contributed by atoms with E-state index in [2.05, 4.69) is 0 Å². The standard InChI is InChI=1S/C14H19NO3/c1-10(2)13(14(17)18)15(11(3)16)9-12-7-5-4-6-8-12/h4-8,10,13H,9H2,1-3H3,(H,17,18)/t13-/m0/s1. The lowest BCUT2D eigenvalue weighted by Gasteiger charge is -2.30. The fraction of sp³-hybridized carbons (Fsp3) is 0.429. The van der Waals surface area contributed by atoms with Gasteiger partial charge in [0.05, 0.1) is 0 Å². The first-order valence-corrected chi connectivity index (χ1v) is 5.97. The molecule has 0 saturated heterocycles. The number of rotatable bonds is 5. The summed E-state index contributed by atoms with van der Waals surface area (Å²) in [5.41, 5.74) is 0.930. The third-order valence-electron chi connectivity index (χ3n) is 2.82. The summed E-state index contributed by atoms with van der Waals surface area (Å²) >= 11 is 0. The Labute approximate surface area is 107 Å². The molecule has 0 aromatic heterocycles. The van der Waals surface area contributed by atoms with Gasteiger partial charge in [-0.2, -0.15) is 0 Å². The largest absolute Gasteiger partial charge is 0.480 e. The van der Waals surface area contributed by atoms with E-state index < -0.39 is 12.0 Å². The summed E-state index contributed by atoms with van der Waals surface area (Å²) in [5.74, 6) is -1.31. The molecule has 4 nitrogen and oxygen atoms in total. The van der Waals surface area contributed by atoms with Crippen molar-refractivity contribution in [3.8, 4) is 0 Å². The Morgan fingerprint density at radius 1 is 1.22 bits per heavy atom. The summed E-state index contributed by atoms with van der Waals surface area (Å²) in [4.78, 5) is 24.3. The van der Waals surface area contributed by atoms with E-state index in [0.717, 1.165) is 5.56 Å². The van der Waals surface area contributed by atoms with Gasteiger partial charge in [0.25, 0.3) is 0 Å². The summed E-state index contributed by atoms with van der Waals surface area (Å²) in [6.45, 7) is 5.34. The van der Waals surface area contributed by atoms with E-state index in [-0.39, 0.29) is 11.8 Å². The molecule has 1 aromatic carbocycles. The highest BCUT2D eigenvalue weighted by Crippen LogP contribution is 2.15. The highest BCUT2D eigenvalue weighted by molar-refractivity contribution is 5.82. The molecule has 0 bridgehead atoms. The van der Waals surface area contributed by atoms with Crippen molar-refractivity contribution < 1.29 is 14.7 Å². The molecule has 98 valence electrons. The van der Waals surface area contributed by atoms with Crippen molar-refractivity contribution in [2.45, 2.75) is 33.4 Å². The number of carboxylic acids is 1. The minimum Gasteiger partial charge on any atom is -0.480 e. The Kier molecular flexibility index (Phi) is 4.89. The maximum absolute atomic E-state index is 11.7. The second-order valence-electron chi connectivity index (χ2n) is 4.66. The molecule has 1 rings (SSSR count). The van der Waals surface area contributed by atoms with Crippen molar-refractivity contribution >= 4 is 11.9 Å². The number of carbonyl (C=O) groups excluding carboxylic acids is 1. The van der Waals surface area contributed by atoms with Gasteiger partial charge in [0, 0.05) is 13.5 Å². The first kappa shape index (κ1) is 14.2. The Morgan fingerprint density at radius 3 is 2.17 bits per heavy atom. The number of hydrogen-bond acceptors (Lipinski definition) is 2. The smallest absolute Gasteiger partial charge is 0.326 e. The Balaban J connectivity index is 2.95. The SMILES string of the molecule is CC(=O)N(Cc1ccccc1)[C@H](C(=O)O)C(C)C. The van der Waals surface area contributed by atoms with E-state index in [1.165, 1.54) is 11.8 Å². The average Bonchev–Trinajstić information content (AvgIpc) is 2.28. The lowest BCUT2D eigenvalue weighted by atomic mass is 10.0. The van der Waals surface area contributed by atoms with Gasteiger partial charge in [-0.05, 0) is 11.5 Å². The molecule has 0 aliphatic heterocycles. The third-order valence-corrected chi connectivity index (χ3v) is 2.82. The molecule has 0 unspecified atom stereocenters. The number of hydrogen-bond donors (Lipinski definition) is 1. The molecule has 1 aromatic rings.